The number of rotatable bonds is 7. The highest BCUT2D eigenvalue weighted by Crippen LogP contribution is 2.30. The number of ether oxygens (including phenoxy) is 1. The van der Waals surface area contributed by atoms with Crippen molar-refractivity contribution in [2.45, 2.75) is 44.8 Å². The third kappa shape index (κ3) is 4.20. The van der Waals surface area contributed by atoms with E-state index in [1.54, 1.807) is 0 Å². The van der Waals surface area contributed by atoms with Crippen LogP contribution in [0, 0.1) is 13.8 Å². The SMILES string of the molecule is Cc1ccc(C)c(OCC(O)CNCC2(O)CCC2)c1. The molecule has 4 heteroatoms. The molecule has 1 atom stereocenters. The van der Waals surface area contributed by atoms with E-state index in [2.05, 4.69) is 5.32 Å². The molecule has 20 heavy (non-hydrogen) atoms. The maximum absolute atomic E-state index is 9.92. The van der Waals surface area contributed by atoms with E-state index in [9.17, 15) is 10.2 Å². The van der Waals surface area contributed by atoms with Gasteiger partial charge in [0.25, 0.3) is 0 Å². The highest BCUT2D eigenvalue weighted by atomic mass is 16.5. The van der Waals surface area contributed by atoms with Crippen molar-refractivity contribution in [3.8, 4) is 5.75 Å². The van der Waals surface area contributed by atoms with Gasteiger partial charge in [0.1, 0.15) is 18.5 Å². The Morgan fingerprint density at radius 1 is 1.35 bits per heavy atom. The zero-order chi connectivity index (χ0) is 14.6. The Labute approximate surface area is 120 Å². The van der Waals surface area contributed by atoms with Crippen LogP contribution in [0.15, 0.2) is 18.2 Å². The van der Waals surface area contributed by atoms with Gasteiger partial charge in [-0.25, -0.2) is 0 Å². The number of aryl methyl sites for hydroxylation is 2. The quantitative estimate of drug-likeness (QED) is 0.708. The Kier molecular flexibility index (Phi) is 5.02. The number of hydrogen-bond acceptors (Lipinski definition) is 4. The first-order valence-corrected chi connectivity index (χ1v) is 7.30. The van der Waals surface area contributed by atoms with Crippen molar-refractivity contribution in [2.24, 2.45) is 0 Å². The Morgan fingerprint density at radius 2 is 2.10 bits per heavy atom. The molecule has 0 amide bonds. The summed E-state index contributed by atoms with van der Waals surface area (Å²) in [7, 11) is 0. The summed E-state index contributed by atoms with van der Waals surface area (Å²) >= 11 is 0. The summed E-state index contributed by atoms with van der Waals surface area (Å²) < 4.78 is 5.65. The Morgan fingerprint density at radius 3 is 2.75 bits per heavy atom. The van der Waals surface area contributed by atoms with Crippen LogP contribution in [0.25, 0.3) is 0 Å². The third-order valence-electron chi connectivity index (χ3n) is 3.89. The summed E-state index contributed by atoms with van der Waals surface area (Å²) in [6, 6.07) is 6.04. The Hall–Kier alpha value is -1.10. The van der Waals surface area contributed by atoms with Gasteiger partial charge >= 0.3 is 0 Å². The highest BCUT2D eigenvalue weighted by molar-refractivity contribution is 5.35. The second-order valence-corrected chi connectivity index (χ2v) is 5.94. The molecule has 0 bridgehead atoms. The van der Waals surface area contributed by atoms with E-state index in [-0.39, 0.29) is 6.61 Å². The lowest BCUT2D eigenvalue weighted by Crippen LogP contribution is -2.48. The van der Waals surface area contributed by atoms with Crippen molar-refractivity contribution in [1.29, 1.82) is 0 Å². The van der Waals surface area contributed by atoms with E-state index in [0.29, 0.717) is 13.1 Å². The summed E-state index contributed by atoms with van der Waals surface area (Å²) in [5, 5.41) is 22.9. The van der Waals surface area contributed by atoms with Crippen LogP contribution in [0.2, 0.25) is 0 Å². The van der Waals surface area contributed by atoms with Gasteiger partial charge < -0.3 is 20.3 Å². The van der Waals surface area contributed by atoms with Crippen LogP contribution in [0.3, 0.4) is 0 Å². The molecule has 1 aliphatic rings. The van der Waals surface area contributed by atoms with E-state index in [1.807, 2.05) is 32.0 Å². The van der Waals surface area contributed by atoms with Crippen LogP contribution in [0.5, 0.6) is 5.75 Å². The second kappa shape index (κ2) is 6.57. The predicted molar refractivity (Wildman–Crippen MR) is 79.1 cm³/mol. The van der Waals surface area contributed by atoms with Gasteiger partial charge in [-0.15, -0.1) is 0 Å². The molecule has 0 aliphatic heterocycles. The van der Waals surface area contributed by atoms with Crippen LogP contribution in [-0.2, 0) is 0 Å². The summed E-state index contributed by atoms with van der Waals surface area (Å²) in [6.07, 6.45) is 2.24. The number of benzene rings is 1. The van der Waals surface area contributed by atoms with Crippen molar-refractivity contribution >= 4 is 0 Å². The third-order valence-corrected chi connectivity index (χ3v) is 3.89. The normalized spacial score (nSPS) is 18.4. The number of nitrogens with one attached hydrogen (secondary N) is 1. The number of aliphatic hydroxyl groups excluding tert-OH is 1. The van der Waals surface area contributed by atoms with Crippen LogP contribution in [-0.4, -0.2) is 41.6 Å². The van der Waals surface area contributed by atoms with Crippen molar-refractivity contribution in [2.75, 3.05) is 19.7 Å². The first-order valence-electron chi connectivity index (χ1n) is 7.30. The van der Waals surface area contributed by atoms with Crippen LogP contribution < -0.4 is 10.1 Å². The smallest absolute Gasteiger partial charge is 0.122 e. The van der Waals surface area contributed by atoms with Gasteiger partial charge in [-0.1, -0.05) is 12.1 Å². The summed E-state index contributed by atoms with van der Waals surface area (Å²) in [4.78, 5) is 0. The molecule has 0 saturated heterocycles. The molecule has 1 aromatic rings. The van der Waals surface area contributed by atoms with Gasteiger partial charge in [-0.2, -0.15) is 0 Å². The van der Waals surface area contributed by atoms with Crippen LogP contribution in [0.4, 0.5) is 0 Å². The fourth-order valence-electron chi connectivity index (χ4n) is 2.34. The maximum atomic E-state index is 9.92. The molecular weight excluding hydrogens is 254 g/mol. The fraction of sp³-hybridized carbons (Fsp3) is 0.625. The van der Waals surface area contributed by atoms with Crippen molar-refractivity contribution in [3.63, 3.8) is 0 Å². The molecular formula is C16H25NO3. The van der Waals surface area contributed by atoms with Gasteiger partial charge in [0.15, 0.2) is 0 Å². The van der Waals surface area contributed by atoms with E-state index in [0.717, 1.165) is 36.1 Å². The average molecular weight is 279 g/mol. The van der Waals surface area contributed by atoms with Crippen molar-refractivity contribution < 1.29 is 14.9 Å². The molecule has 1 aliphatic carbocycles. The van der Waals surface area contributed by atoms with Crippen molar-refractivity contribution in [1.82, 2.24) is 5.32 Å². The molecule has 4 nitrogen and oxygen atoms in total. The van der Waals surface area contributed by atoms with Gasteiger partial charge in [0.2, 0.25) is 0 Å². The molecule has 1 aromatic carbocycles. The second-order valence-electron chi connectivity index (χ2n) is 5.94. The molecule has 1 fully saturated rings. The lowest BCUT2D eigenvalue weighted by Gasteiger charge is -2.36. The molecule has 0 radical (unpaired) electrons. The minimum absolute atomic E-state index is 0.260. The lowest BCUT2D eigenvalue weighted by molar-refractivity contribution is -0.0334. The molecule has 1 unspecified atom stereocenters. The topological polar surface area (TPSA) is 61.7 Å². The maximum Gasteiger partial charge on any atom is 0.122 e. The van der Waals surface area contributed by atoms with Crippen LogP contribution >= 0.6 is 0 Å². The van der Waals surface area contributed by atoms with E-state index >= 15 is 0 Å². The van der Waals surface area contributed by atoms with Gasteiger partial charge in [-0.3, -0.25) is 0 Å². The first-order chi connectivity index (χ1) is 9.48. The molecule has 0 aromatic heterocycles. The fourth-order valence-corrected chi connectivity index (χ4v) is 2.34. The molecule has 1 saturated carbocycles. The summed E-state index contributed by atoms with van der Waals surface area (Å²) in [5.74, 6) is 0.821. The molecule has 3 N–H and O–H groups in total. The number of hydrogen-bond donors (Lipinski definition) is 3. The van der Waals surface area contributed by atoms with E-state index in [4.69, 9.17) is 4.74 Å². The molecule has 0 heterocycles. The molecule has 0 spiro atoms. The average Bonchev–Trinajstić information content (AvgIpc) is 2.38. The largest absolute Gasteiger partial charge is 0.491 e. The molecule has 112 valence electrons. The Balaban J connectivity index is 1.69. The zero-order valence-electron chi connectivity index (χ0n) is 12.4. The minimum atomic E-state index is -0.571. The predicted octanol–water partition coefficient (Wildman–Crippen LogP) is 1.55. The van der Waals surface area contributed by atoms with E-state index in [1.165, 1.54) is 0 Å². The standard InChI is InChI=1S/C16H25NO3/c1-12-4-5-13(2)15(8-12)20-10-14(18)9-17-11-16(19)6-3-7-16/h4-5,8,14,17-19H,3,6-7,9-11H2,1-2H3. The molecule has 2 rings (SSSR count). The summed E-state index contributed by atoms with van der Waals surface area (Å²) in [5.41, 5.74) is 1.67. The van der Waals surface area contributed by atoms with Crippen molar-refractivity contribution in [3.05, 3.63) is 29.3 Å². The van der Waals surface area contributed by atoms with Gasteiger partial charge in [0, 0.05) is 13.1 Å². The van der Waals surface area contributed by atoms with E-state index < -0.39 is 11.7 Å². The first kappa shape index (κ1) is 15.3. The zero-order valence-corrected chi connectivity index (χ0v) is 12.4. The highest BCUT2D eigenvalue weighted by Gasteiger charge is 2.33. The van der Waals surface area contributed by atoms with Crippen LogP contribution in [0.1, 0.15) is 30.4 Å². The lowest BCUT2D eigenvalue weighted by atomic mass is 9.80. The number of aliphatic hydroxyl groups is 2. The van der Waals surface area contributed by atoms with Gasteiger partial charge in [0.05, 0.1) is 5.60 Å². The monoisotopic (exact) mass is 279 g/mol. The minimum Gasteiger partial charge on any atom is -0.491 e. The Bertz CT molecular complexity index is 443. The van der Waals surface area contributed by atoms with Gasteiger partial charge in [-0.05, 0) is 50.3 Å². The summed E-state index contributed by atoms with van der Waals surface area (Å²) in [6.45, 7) is 5.26.